The molecule has 1 rings (SSSR count). The van der Waals surface area contributed by atoms with Crippen LogP contribution in [0.4, 0.5) is 0 Å². The first-order valence-electron chi connectivity index (χ1n) is 4.31. The molecule has 0 N–H and O–H groups in total. The summed E-state index contributed by atoms with van der Waals surface area (Å²) >= 11 is 0. The fourth-order valence-corrected chi connectivity index (χ4v) is 1.49. The molecule has 0 unspecified atom stereocenters. The van der Waals surface area contributed by atoms with Gasteiger partial charge in [0.1, 0.15) is 0 Å². The second-order valence-corrected chi connectivity index (χ2v) is 3.00. The van der Waals surface area contributed by atoms with Crippen LogP contribution in [0.15, 0.2) is 23.3 Å². The van der Waals surface area contributed by atoms with Crippen LogP contribution < -0.4 is 0 Å². The highest BCUT2D eigenvalue weighted by atomic mass is 16.2. The van der Waals surface area contributed by atoms with Crippen molar-refractivity contribution in [3.8, 4) is 0 Å². The van der Waals surface area contributed by atoms with Gasteiger partial charge < -0.3 is 4.90 Å². The van der Waals surface area contributed by atoms with Crippen molar-refractivity contribution in [2.75, 3.05) is 13.6 Å². The zero-order valence-corrected chi connectivity index (χ0v) is 7.92. The van der Waals surface area contributed by atoms with Crippen molar-refractivity contribution in [3.05, 3.63) is 23.3 Å². The highest BCUT2D eigenvalue weighted by Crippen LogP contribution is 2.21. The van der Waals surface area contributed by atoms with Gasteiger partial charge in [-0.15, -0.1) is 0 Å². The van der Waals surface area contributed by atoms with E-state index in [1.54, 1.807) is 4.90 Å². The van der Waals surface area contributed by atoms with Crippen molar-refractivity contribution >= 4 is 5.91 Å². The Morgan fingerprint density at radius 2 is 2.25 bits per heavy atom. The fourth-order valence-electron chi connectivity index (χ4n) is 1.49. The van der Waals surface area contributed by atoms with Crippen LogP contribution in [0.2, 0.25) is 0 Å². The first kappa shape index (κ1) is 9.04. The summed E-state index contributed by atoms with van der Waals surface area (Å²) in [6, 6.07) is 0. The number of rotatable bonds is 1. The molecule has 0 aromatic carbocycles. The molecular weight excluding hydrogens is 150 g/mol. The Balaban J connectivity index is 2.94. The molecule has 0 radical (unpaired) electrons. The number of allylic oxidation sites excluding steroid dienone is 2. The van der Waals surface area contributed by atoms with Crippen LogP contribution in [0.25, 0.3) is 0 Å². The first-order valence-corrected chi connectivity index (χ1v) is 4.31. The Kier molecular flexibility index (Phi) is 2.69. The predicted molar refractivity (Wildman–Crippen MR) is 49.8 cm³/mol. The number of likely N-dealkylation sites (tertiary alicyclic amines) is 1. The lowest BCUT2D eigenvalue weighted by Crippen LogP contribution is -2.18. The summed E-state index contributed by atoms with van der Waals surface area (Å²) in [6.45, 7) is 4.77. The van der Waals surface area contributed by atoms with Crippen LogP contribution in [-0.2, 0) is 4.79 Å². The van der Waals surface area contributed by atoms with Crippen LogP contribution in [0, 0.1) is 0 Å². The highest BCUT2D eigenvalue weighted by Gasteiger charge is 2.25. The molecule has 1 saturated heterocycles. The maximum absolute atomic E-state index is 11.4. The van der Waals surface area contributed by atoms with Crippen molar-refractivity contribution < 1.29 is 4.79 Å². The lowest BCUT2D eigenvalue weighted by atomic mass is 10.1. The van der Waals surface area contributed by atoms with Gasteiger partial charge in [0.2, 0.25) is 0 Å². The molecule has 0 bridgehead atoms. The molecule has 0 aliphatic carbocycles. The van der Waals surface area contributed by atoms with Gasteiger partial charge in [0.25, 0.3) is 5.91 Å². The topological polar surface area (TPSA) is 20.3 Å². The minimum Gasteiger partial charge on any atom is -0.337 e. The lowest BCUT2D eigenvalue weighted by molar-refractivity contribution is -0.123. The number of carbonyl (C=O) groups is 1. The number of likely N-dealkylation sites (N-methyl/N-ethyl adjacent to an activating group) is 1. The van der Waals surface area contributed by atoms with Crippen molar-refractivity contribution in [1.82, 2.24) is 4.90 Å². The van der Waals surface area contributed by atoms with Crippen LogP contribution in [0.1, 0.15) is 20.3 Å². The highest BCUT2D eigenvalue weighted by molar-refractivity contribution is 6.01. The third-order valence-electron chi connectivity index (χ3n) is 2.07. The van der Waals surface area contributed by atoms with Gasteiger partial charge in [0.15, 0.2) is 0 Å². The maximum atomic E-state index is 11.4. The van der Waals surface area contributed by atoms with E-state index in [-0.39, 0.29) is 5.91 Å². The Hall–Kier alpha value is -1.05. The Bertz CT molecular complexity index is 251. The van der Waals surface area contributed by atoms with Crippen LogP contribution in [0.5, 0.6) is 0 Å². The second kappa shape index (κ2) is 3.57. The van der Waals surface area contributed by atoms with E-state index in [9.17, 15) is 4.79 Å². The van der Waals surface area contributed by atoms with Gasteiger partial charge in [0.05, 0.1) is 0 Å². The predicted octanol–water partition coefficient (Wildman–Crippen LogP) is 1.74. The van der Waals surface area contributed by atoms with Crippen molar-refractivity contribution in [3.63, 3.8) is 0 Å². The minimum atomic E-state index is 0.150. The third-order valence-corrected chi connectivity index (χ3v) is 2.07. The van der Waals surface area contributed by atoms with Crippen LogP contribution in [-0.4, -0.2) is 24.4 Å². The Labute approximate surface area is 73.6 Å². The van der Waals surface area contributed by atoms with Gasteiger partial charge >= 0.3 is 0 Å². The van der Waals surface area contributed by atoms with E-state index in [4.69, 9.17) is 0 Å². The molecule has 1 amide bonds. The molecule has 0 aromatic rings. The normalized spacial score (nSPS) is 24.6. The van der Waals surface area contributed by atoms with E-state index in [0.717, 1.165) is 18.5 Å². The van der Waals surface area contributed by atoms with Crippen LogP contribution in [0.3, 0.4) is 0 Å². The summed E-state index contributed by atoms with van der Waals surface area (Å²) in [7, 11) is 1.84. The van der Waals surface area contributed by atoms with E-state index < -0.39 is 0 Å². The third kappa shape index (κ3) is 1.42. The van der Waals surface area contributed by atoms with Gasteiger partial charge in [-0.2, -0.15) is 0 Å². The van der Waals surface area contributed by atoms with Crippen LogP contribution >= 0.6 is 0 Å². The van der Waals surface area contributed by atoms with E-state index in [1.165, 1.54) is 5.57 Å². The molecule has 12 heavy (non-hydrogen) atoms. The number of nitrogens with zero attached hydrogens (tertiary/aromatic N) is 1. The van der Waals surface area contributed by atoms with Gasteiger partial charge in [-0.3, -0.25) is 4.79 Å². The smallest absolute Gasteiger partial charge is 0.253 e. The number of amides is 1. The largest absolute Gasteiger partial charge is 0.337 e. The molecule has 1 aliphatic heterocycles. The summed E-state index contributed by atoms with van der Waals surface area (Å²) in [5, 5.41) is 0. The first-order chi connectivity index (χ1) is 5.70. The second-order valence-electron chi connectivity index (χ2n) is 3.00. The monoisotopic (exact) mass is 165 g/mol. The van der Waals surface area contributed by atoms with E-state index >= 15 is 0 Å². The summed E-state index contributed by atoms with van der Waals surface area (Å²) < 4.78 is 0. The average Bonchev–Trinajstić information content (AvgIpc) is 2.29. The molecule has 0 saturated carbocycles. The van der Waals surface area contributed by atoms with Crippen molar-refractivity contribution in [2.45, 2.75) is 20.3 Å². The summed E-state index contributed by atoms with van der Waals surface area (Å²) in [5.41, 5.74) is 2.05. The SMILES string of the molecule is C/C=C1/C(=O)N(C)C/C1=C/CC. The quantitative estimate of drug-likeness (QED) is 0.542. The van der Waals surface area contributed by atoms with Crippen molar-refractivity contribution in [1.29, 1.82) is 0 Å². The molecule has 1 heterocycles. The van der Waals surface area contributed by atoms with Crippen molar-refractivity contribution in [2.24, 2.45) is 0 Å². The molecule has 1 aliphatic rings. The summed E-state index contributed by atoms with van der Waals surface area (Å²) in [4.78, 5) is 13.2. The average molecular weight is 165 g/mol. The van der Waals surface area contributed by atoms with Gasteiger partial charge in [-0.05, 0) is 18.9 Å². The Morgan fingerprint density at radius 1 is 1.58 bits per heavy atom. The number of hydrogen-bond donors (Lipinski definition) is 0. The molecule has 1 fully saturated rings. The van der Waals surface area contributed by atoms with E-state index in [1.807, 2.05) is 20.0 Å². The van der Waals surface area contributed by atoms with Gasteiger partial charge in [-0.1, -0.05) is 19.1 Å². The van der Waals surface area contributed by atoms with Gasteiger partial charge in [-0.25, -0.2) is 0 Å². The molecule has 0 aromatic heterocycles. The zero-order valence-electron chi connectivity index (χ0n) is 7.92. The maximum Gasteiger partial charge on any atom is 0.253 e. The molecule has 0 atom stereocenters. The summed E-state index contributed by atoms with van der Waals surface area (Å²) in [5.74, 6) is 0.150. The molecule has 2 nitrogen and oxygen atoms in total. The molecule has 0 spiro atoms. The fraction of sp³-hybridized carbons (Fsp3) is 0.500. The van der Waals surface area contributed by atoms with E-state index in [0.29, 0.717) is 0 Å². The standard InChI is InChI=1S/C10H15NO/c1-4-6-8-7-11(3)10(12)9(8)5-2/h5-6H,4,7H2,1-3H3/b8-6-,9-5+. The van der Waals surface area contributed by atoms with E-state index in [2.05, 4.69) is 13.0 Å². The minimum absolute atomic E-state index is 0.150. The zero-order chi connectivity index (χ0) is 9.14. The number of carbonyl (C=O) groups excluding carboxylic acids is 1. The molecule has 66 valence electrons. The molecular formula is C10H15NO. The molecule has 2 heteroatoms. The number of hydrogen-bond acceptors (Lipinski definition) is 1. The summed E-state index contributed by atoms with van der Waals surface area (Å²) in [6.07, 6.45) is 5.01. The Morgan fingerprint density at radius 3 is 2.75 bits per heavy atom. The van der Waals surface area contributed by atoms with Gasteiger partial charge in [0, 0.05) is 19.2 Å². The lowest BCUT2D eigenvalue weighted by Gasteiger charge is -2.03.